The Kier molecular flexibility index (Phi) is 3.66. The highest BCUT2D eigenvalue weighted by Crippen LogP contribution is 2.32. The molecule has 0 fully saturated rings. The Hall–Kier alpha value is -2.24. The molecule has 6 nitrogen and oxygen atoms in total. The summed E-state index contributed by atoms with van der Waals surface area (Å²) < 4.78 is 10.4. The molecule has 0 radical (unpaired) electrons. The highest BCUT2D eigenvalue weighted by Gasteiger charge is 2.13. The summed E-state index contributed by atoms with van der Waals surface area (Å²) in [7, 11) is 0. The Morgan fingerprint density at radius 3 is 2.78 bits per heavy atom. The Labute approximate surface area is 104 Å². The highest BCUT2D eigenvalue weighted by molar-refractivity contribution is 5.80. The fourth-order valence-electron chi connectivity index (χ4n) is 1.56. The van der Waals surface area contributed by atoms with Gasteiger partial charge in [0.2, 0.25) is 12.7 Å². The lowest BCUT2D eigenvalue weighted by molar-refractivity contribution is -0.138. The fourth-order valence-corrected chi connectivity index (χ4v) is 1.56. The van der Waals surface area contributed by atoms with Crippen LogP contribution in [0.3, 0.4) is 0 Å². The Morgan fingerprint density at radius 1 is 1.22 bits per heavy atom. The molecule has 0 atom stereocenters. The molecule has 0 saturated carbocycles. The van der Waals surface area contributed by atoms with E-state index in [4.69, 9.17) is 14.6 Å². The molecule has 2 rings (SSSR count). The molecule has 0 spiro atoms. The van der Waals surface area contributed by atoms with Crippen molar-refractivity contribution in [2.75, 3.05) is 6.79 Å². The van der Waals surface area contributed by atoms with Gasteiger partial charge in [-0.1, -0.05) is 6.07 Å². The van der Waals surface area contributed by atoms with E-state index >= 15 is 0 Å². The van der Waals surface area contributed by atoms with E-state index in [1.165, 1.54) is 0 Å². The molecule has 1 heterocycles. The van der Waals surface area contributed by atoms with E-state index in [0.717, 1.165) is 5.56 Å². The molecule has 0 unspecified atom stereocenters. The van der Waals surface area contributed by atoms with Crippen LogP contribution in [-0.2, 0) is 16.1 Å². The number of rotatable bonds is 5. The maximum atomic E-state index is 11.3. The molecule has 6 heteroatoms. The van der Waals surface area contributed by atoms with E-state index in [1.54, 1.807) is 12.1 Å². The Morgan fingerprint density at radius 2 is 2.00 bits per heavy atom. The third-order valence-electron chi connectivity index (χ3n) is 2.49. The molecule has 1 aromatic rings. The predicted molar refractivity (Wildman–Crippen MR) is 61.3 cm³/mol. The molecule has 96 valence electrons. The summed E-state index contributed by atoms with van der Waals surface area (Å²) in [6.07, 6.45) is -0.174. The molecular weight excluding hydrogens is 238 g/mol. The molecular formula is C12H13NO5. The van der Waals surface area contributed by atoms with Crippen LogP contribution in [-0.4, -0.2) is 23.8 Å². The second kappa shape index (κ2) is 5.39. The number of benzene rings is 1. The Balaban J connectivity index is 1.83. The van der Waals surface area contributed by atoms with Crippen LogP contribution in [0.5, 0.6) is 11.5 Å². The summed E-state index contributed by atoms with van der Waals surface area (Å²) in [6, 6.07) is 5.39. The van der Waals surface area contributed by atoms with Gasteiger partial charge in [-0.2, -0.15) is 0 Å². The molecule has 18 heavy (non-hydrogen) atoms. The molecule has 1 aliphatic rings. The molecule has 1 amide bonds. The van der Waals surface area contributed by atoms with Crippen LogP contribution >= 0.6 is 0 Å². The first-order valence-corrected chi connectivity index (χ1v) is 5.52. The van der Waals surface area contributed by atoms with Gasteiger partial charge in [-0.15, -0.1) is 0 Å². The van der Waals surface area contributed by atoms with Crippen LogP contribution in [0.1, 0.15) is 18.4 Å². The quantitative estimate of drug-likeness (QED) is 0.812. The molecule has 0 aromatic heterocycles. The number of amides is 1. The number of hydrogen-bond acceptors (Lipinski definition) is 4. The van der Waals surface area contributed by atoms with Gasteiger partial charge in [-0.3, -0.25) is 9.59 Å². The van der Waals surface area contributed by atoms with Gasteiger partial charge in [0.15, 0.2) is 11.5 Å². The average Bonchev–Trinajstić information content (AvgIpc) is 2.81. The highest BCUT2D eigenvalue weighted by atomic mass is 16.7. The van der Waals surface area contributed by atoms with Crippen molar-refractivity contribution in [3.63, 3.8) is 0 Å². The van der Waals surface area contributed by atoms with Gasteiger partial charge >= 0.3 is 5.97 Å². The zero-order chi connectivity index (χ0) is 13.0. The van der Waals surface area contributed by atoms with Crippen molar-refractivity contribution < 1.29 is 24.2 Å². The number of fused-ring (bicyclic) bond motifs is 1. The minimum absolute atomic E-state index is 0.0140. The number of nitrogens with one attached hydrogen (secondary N) is 1. The van der Waals surface area contributed by atoms with E-state index in [-0.39, 0.29) is 25.5 Å². The van der Waals surface area contributed by atoms with Crippen LogP contribution in [0.4, 0.5) is 0 Å². The first-order valence-electron chi connectivity index (χ1n) is 5.52. The molecule has 0 saturated heterocycles. The van der Waals surface area contributed by atoms with Crippen LogP contribution < -0.4 is 14.8 Å². The monoisotopic (exact) mass is 251 g/mol. The number of carbonyl (C=O) groups excluding carboxylic acids is 1. The smallest absolute Gasteiger partial charge is 0.303 e. The lowest BCUT2D eigenvalue weighted by Crippen LogP contribution is -2.23. The topological polar surface area (TPSA) is 84.9 Å². The van der Waals surface area contributed by atoms with E-state index in [9.17, 15) is 9.59 Å². The third kappa shape index (κ3) is 3.13. The van der Waals surface area contributed by atoms with Crippen molar-refractivity contribution in [2.45, 2.75) is 19.4 Å². The second-order valence-electron chi connectivity index (χ2n) is 3.86. The average molecular weight is 251 g/mol. The van der Waals surface area contributed by atoms with E-state index < -0.39 is 5.97 Å². The zero-order valence-electron chi connectivity index (χ0n) is 9.64. The van der Waals surface area contributed by atoms with Gasteiger partial charge in [0.1, 0.15) is 0 Å². The molecule has 2 N–H and O–H groups in total. The van der Waals surface area contributed by atoms with Gasteiger partial charge in [0, 0.05) is 13.0 Å². The lowest BCUT2D eigenvalue weighted by atomic mass is 10.2. The lowest BCUT2D eigenvalue weighted by Gasteiger charge is -2.05. The normalized spacial score (nSPS) is 12.2. The van der Waals surface area contributed by atoms with E-state index in [0.29, 0.717) is 18.0 Å². The van der Waals surface area contributed by atoms with E-state index in [2.05, 4.69) is 5.32 Å². The standard InChI is InChI=1S/C12H13NO5/c14-11(3-4-12(15)16)13-6-8-1-2-9-10(5-8)18-7-17-9/h1-2,5H,3-4,6-7H2,(H,13,14)(H,15,16). The van der Waals surface area contributed by atoms with Crippen LogP contribution in [0, 0.1) is 0 Å². The van der Waals surface area contributed by atoms with Crippen molar-refractivity contribution >= 4 is 11.9 Å². The first-order chi connectivity index (χ1) is 8.65. The fraction of sp³-hybridized carbons (Fsp3) is 0.333. The summed E-state index contributed by atoms with van der Waals surface area (Å²) in [6.45, 7) is 0.554. The summed E-state index contributed by atoms with van der Waals surface area (Å²) >= 11 is 0. The minimum Gasteiger partial charge on any atom is -0.481 e. The van der Waals surface area contributed by atoms with Gasteiger partial charge in [0.25, 0.3) is 0 Å². The predicted octanol–water partition coefficient (Wildman–Crippen LogP) is 0.896. The van der Waals surface area contributed by atoms with Crippen molar-refractivity contribution in [3.8, 4) is 11.5 Å². The summed E-state index contributed by atoms with van der Waals surface area (Å²) in [5.74, 6) is 0.0894. The van der Waals surface area contributed by atoms with Crippen LogP contribution in [0.15, 0.2) is 18.2 Å². The maximum absolute atomic E-state index is 11.3. The van der Waals surface area contributed by atoms with Gasteiger partial charge in [-0.25, -0.2) is 0 Å². The van der Waals surface area contributed by atoms with Crippen LogP contribution in [0.2, 0.25) is 0 Å². The second-order valence-corrected chi connectivity index (χ2v) is 3.86. The molecule has 0 aliphatic carbocycles. The van der Waals surface area contributed by atoms with Gasteiger partial charge in [-0.05, 0) is 17.7 Å². The zero-order valence-corrected chi connectivity index (χ0v) is 9.64. The number of carboxylic acid groups (broad SMARTS) is 1. The molecule has 1 aromatic carbocycles. The van der Waals surface area contributed by atoms with Crippen molar-refractivity contribution in [2.24, 2.45) is 0 Å². The third-order valence-corrected chi connectivity index (χ3v) is 2.49. The van der Waals surface area contributed by atoms with Gasteiger partial charge < -0.3 is 19.9 Å². The first kappa shape index (κ1) is 12.2. The molecule has 0 bridgehead atoms. The number of aliphatic carboxylic acids is 1. The van der Waals surface area contributed by atoms with Gasteiger partial charge in [0.05, 0.1) is 6.42 Å². The Bertz CT molecular complexity index is 472. The van der Waals surface area contributed by atoms with Crippen LogP contribution in [0.25, 0.3) is 0 Å². The molecule has 1 aliphatic heterocycles. The number of carbonyl (C=O) groups is 2. The summed E-state index contributed by atoms with van der Waals surface area (Å²) in [5, 5.41) is 11.1. The van der Waals surface area contributed by atoms with E-state index in [1.807, 2.05) is 6.07 Å². The van der Waals surface area contributed by atoms with Crippen molar-refractivity contribution in [1.29, 1.82) is 0 Å². The number of hydrogen-bond donors (Lipinski definition) is 2. The van der Waals surface area contributed by atoms with Crippen molar-refractivity contribution in [3.05, 3.63) is 23.8 Å². The number of carboxylic acids is 1. The summed E-state index contributed by atoms with van der Waals surface area (Å²) in [4.78, 5) is 21.6. The minimum atomic E-state index is -0.978. The maximum Gasteiger partial charge on any atom is 0.303 e. The largest absolute Gasteiger partial charge is 0.481 e. The van der Waals surface area contributed by atoms with Crippen molar-refractivity contribution in [1.82, 2.24) is 5.32 Å². The SMILES string of the molecule is O=C(O)CCC(=O)NCc1ccc2c(c1)OCO2. The number of ether oxygens (including phenoxy) is 2. The summed E-state index contributed by atoms with van der Waals surface area (Å²) in [5.41, 5.74) is 0.878.